The first-order valence-corrected chi connectivity index (χ1v) is 4.93. The Kier molecular flexibility index (Phi) is 4.31. The van der Waals surface area contributed by atoms with E-state index in [1.807, 2.05) is 44.2 Å². The summed E-state index contributed by atoms with van der Waals surface area (Å²) in [7, 11) is 1.50. The minimum absolute atomic E-state index is 0.126. The monoisotopic (exact) mass is 208 g/mol. The van der Waals surface area contributed by atoms with Gasteiger partial charge >= 0.3 is 5.97 Å². The van der Waals surface area contributed by atoms with E-state index in [2.05, 4.69) is 0 Å². The summed E-state index contributed by atoms with van der Waals surface area (Å²) in [6, 6.07) is 9.31. The average Bonchev–Trinajstić information content (AvgIpc) is 2.19. The molecule has 0 aliphatic heterocycles. The second-order valence-electron chi connectivity index (χ2n) is 3.51. The number of carbonyl (C=O) groups excluding carboxylic acids is 1. The number of rotatable bonds is 4. The molecule has 0 aliphatic carbocycles. The molecule has 0 heterocycles. The minimum atomic E-state index is -0.631. The highest BCUT2D eigenvalue weighted by atomic mass is 16.6. The first kappa shape index (κ1) is 11.7. The Hall–Kier alpha value is -1.35. The van der Waals surface area contributed by atoms with Crippen molar-refractivity contribution in [2.75, 3.05) is 7.11 Å². The van der Waals surface area contributed by atoms with Crippen LogP contribution in [0.15, 0.2) is 30.3 Å². The molecule has 1 rings (SSSR count). The normalized spacial score (nSPS) is 12.5. The number of ether oxygens (including phenoxy) is 2. The third-order valence-corrected chi connectivity index (χ3v) is 1.90. The van der Waals surface area contributed by atoms with Gasteiger partial charge < -0.3 is 9.47 Å². The van der Waals surface area contributed by atoms with Gasteiger partial charge in [-0.25, -0.2) is 4.79 Å². The predicted molar refractivity (Wildman–Crippen MR) is 57.4 cm³/mol. The van der Waals surface area contributed by atoms with Crippen LogP contribution in [0.25, 0.3) is 0 Å². The summed E-state index contributed by atoms with van der Waals surface area (Å²) in [6.45, 7) is 3.63. The Morgan fingerprint density at radius 3 is 2.27 bits per heavy atom. The van der Waals surface area contributed by atoms with Gasteiger partial charge in [0.2, 0.25) is 0 Å². The van der Waals surface area contributed by atoms with E-state index in [0.29, 0.717) is 0 Å². The zero-order valence-electron chi connectivity index (χ0n) is 9.27. The van der Waals surface area contributed by atoms with Gasteiger partial charge in [0, 0.05) is 7.11 Å². The minimum Gasteiger partial charge on any atom is -0.461 e. The van der Waals surface area contributed by atoms with E-state index in [1.165, 1.54) is 7.11 Å². The van der Waals surface area contributed by atoms with Crippen LogP contribution in [0.5, 0.6) is 0 Å². The fraction of sp³-hybridized carbons (Fsp3) is 0.417. The van der Waals surface area contributed by atoms with E-state index < -0.39 is 6.10 Å². The van der Waals surface area contributed by atoms with Crippen LogP contribution in [-0.4, -0.2) is 19.2 Å². The van der Waals surface area contributed by atoms with Crippen LogP contribution >= 0.6 is 0 Å². The topological polar surface area (TPSA) is 35.5 Å². The van der Waals surface area contributed by atoms with E-state index >= 15 is 0 Å². The third-order valence-electron chi connectivity index (χ3n) is 1.90. The molecule has 3 heteroatoms. The van der Waals surface area contributed by atoms with Gasteiger partial charge in [0.25, 0.3) is 0 Å². The van der Waals surface area contributed by atoms with Crippen molar-refractivity contribution in [3.8, 4) is 0 Å². The zero-order valence-corrected chi connectivity index (χ0v) is 9.27. The molecule has 0 spiro atoms. The number of hydrogen-bond donors (Lipinski definition) is 0. The third kappa shape index (κ3) is 3.36. The molecule has 15 heavy (non-hydrogen) atoms. The van der Waals surface area contributed by atoms with Crippen LogP contribution in [-0.2, 0) is 14.3 Å². The molecule has 0 aromatic heterocycles. The maximum atomic E-state index is 11.6. The molecule has 3 nitrogen and oxygen atoms in total. The summed E-state index contributed by atoms with van der Waals surface area (Å²) >= 11 is 0. The van der Waals surface area contributed by atoms with Gasteiger partial charge in [-0.3, -0.25) is 0 Å². The molecular formula is C12H16O3. The highest BCUT2D eigenvalue weighted by Gasteiger charge is 2.21. The Morgan fingerprint density at radius 2 is 1.80 bits per heavy atom. The number of benzene rings is 1. The lowest BCUT2D eigenvalue weighted by Gasteiger charge is -2.16. The number of methoxy groups -OCH3 is 1. The SMILES string of the molecule is COC(C(=O)OC(C)C)c1ccccc1. The molecule has 82 valence electrons. The first-order valence-electron chi connectivity index (χ1n) is 4.93. The molecule has 0 fully saturated rings. The highest BCUT2D eigenvalue weighted by Crippen LogP contribution is 2.18. The molecule has 1 atom stereocenters. The summed E-state index contributed by atoms with van der Waals surface area (Å²) in [6.07, 6.45) is -0.757. The van der Waals surface area contributed by atoms with Crippen molar-refractivity contribution >= 4 is 5.97 Å². The van der Waals surface area contributed by atoms with Gasteiger partial charge in [0.05, 0.1) is 6.10 Å². The second-order valence-corrected chi connectivity index (χ2v) is 3.51. The molecule has 1 unspecified atom stereocenters. The fourth-order valence-corrected chi connectivity index (χ4v) is 1.29. The lowest BCUT2D eigenvalue weighted by Crippen LogP contribution is -2.20. The Labute approximate surface area is 90.0 Å². The Bertz CT molecular complexity index is 306. The summed E-state index contributed by atoms with van der Waals surface area (Å²) in [5, 5.41) is 0. The Morgan fingerprint density at radius 1 is 1.20 bits per heavy atom. The molecule has 0 aliphatic rings. The van der Waals surface area contributed by atoms with Crippen LogP contribution in [0.4, 0.5) is 0 Å². The van der Waals surface area contributed by atoms with E-state index in [4.69, 9.17) is 9.47 Å². The average molecular weight is 208 g/mol. The van der Waals surface area contributed by atoms with Gasteiger partial charge in [0.1, 0.15) is 0 Å². The maximum Gasteiger partial charge on any atom is 0.340 e. The molecular weight excluding hydrogens is 192 g/mol. The number of esters is 1. The van der Waals surface area contributed by atoms with Crippen molar-refractivity contribution in [3.05, 3.63) is 35.9 Å². The largest absolute Gasteiger partial charge is 0.461 e. The second kappa shape index (κ2) is 5.51. The number of hydrogen-bond acceptors (Lipinski definition) is 3. The molecule has 0 saturated carbocycles. The number of carbonyl (C=O) groups is 1. The zero-order chi connectivity index (χ0) is 11.3. The van der Waals surface area contributed by atoms with Crippen molar-refractivity contribution in [2.24, 2.45) is 0 Å². The van der Waals surface area contributed by atoms with E-state index in [9.17, 15) is 4.79 Å². The molecule has 1 aromatic carbocycles. The van der Waals surface area contributed by atoms with Crippen molar-refractivity contribution < 1.29 is 14.3 Å². The van der Waals surface area contributed by atoms with E-state index in [1.54, 1.807) is 0 Å². The Balaban J connectivity index is 2.76. The van der Waals surface area contributed by atoms with Gasteiger partial charge in [-0.05, 0) is 19.4 Å². The molecule has 1 aromatic rings. The quantitative estimate of drug-likeness (QED) is 0.712. The molecule has 0 saturated heterocycles. The van der Waals surface area contributed by atoms with Gasteiger partial charge in [-0.1, -0.05) is 30.3 Å². The molecule has 0 bridgehead atoms. The van der Waals surface area contributed by atoms with Gasteiger partial charge in [-0.2, -0.15) is 0 Å². The lowest BCUT2D eigenvalue weighted by molar-refractivity contribution is -0.159. The molecule has 0 amide bonds. The van der Waals surface area contributed by atoms with Crippen LogP contribution in [0.2, 0.25) is 0 Å². The van der Waals surface area contributed by atoms with E-state index in [-0.39, 0.29) is 12.1 Å². The van der Waals surface area contributed by atoms with Crippen LogP contribution in [0.1, 0.15) is 25.5 Å². The lowest BCUT2D eigenvalue weighted by atomic mass is 10.1. The smallest absolute Gasteiger partial charge is 0.340 e. The summed E-state index contributed by atoms with van der Waals surface area (Å²) in [5.74, 6) is -0.348. The predicted octanol–water partition coefficient (Wildman–Crippen LogP) is 2.33. The van der Waals surface area contributed by atoms with Crippen molar-refractivity contribution in [1.82, 2.24) is 0 Å². The molecule has 0 N–H and O–H groups in total. The standard InChI is InChI=1S/C12H16O3/c1-9(2)15-12(13)11(14-3)10-7-5-4-6-8-10/h4-9,11H,1-3H3. The van der Waals surface area contributed by atoms with Crippen LogP contribution < -0.4 is 0 Å². The maximum absolute atomic E-state index is 11.6. The summed E-state index contributed by atoms with van der Waals surface area (Å²) in [4.78, 5) is 11.6. The highest BCUT2D eigenvalue weighted by molar-refractivity contribution is 5.76. The van der Waals surface area contributed by atoms with Gasteiger partial charge in [-0.15, -0.1) is 0 Å². The van der Waals surface area contributed by atoms with Crippen LogP contribution in [0.3, 0.4) is 0 Å². The van der Waals surface area contributed by atoms with Crippen molar-refractivity contribution in [1.29, 1.82) is 0 Å². The fourth-order valence-electron chi connectivity index (χ4n) is 1.29. The summed E-state index contributed by atoms with van der Waals surface area (Å²) in [5.41, 5.74) is 0.811. The van der Waals surface area contributed by atoms with E-state index in [0.717, 1.165) is 5.56 Å². The van der Waals surface area contributed by atoms with Crippen LogP contribution in [0, 0.1) is 0 Å². The van der Waals surface area contributed by atoms with Gasteiger partial charge in [0.15, 0.2) is 6.10 Å². The van der Waals surface area contributed by atoms with Crippen molar-refractivity contribution in [2.45, 2.75) is 26.1 Å². The first-order chi connectivity index (χ1) is 7.15. The summed E-state index contributed by atoms with van der Waals surface area (Å²) < 4.78 is 10.2. The van der Waals surface area contributed by atoms with Crippen molar-refractivity contribution in [3.63, 3.8) is 0 Å². The molecule has 0 radical (unpaired) electrons.